The van der Waals surface area contributed by atoms with E-state index in [-0.39, 0.29) is 22.7 Å². The molecule has 2 N–H and O–H groups in total. The minimum absolute atomic E-state index is 0.0427. The molecule has 0 fully saturated rings. The third-order valence-corrected chi connectivity index (χ3v) is 4.79. The lowest BCUT2D eigenvalue weighted by molar-refractivity contribution is -0.991. The molecule has 1 aliphatic heterocycles. The van der Waals surface area contributed by atoms with Crippen molar-refractivity contribution >= 4 is 21.6 Å². The lowest BCUT2D eigenvalue weighted by atomic mass is 10.2. The van der Waals surface area contributed by atoms with E-state index in [1.54, 1.807) is 0 Å². The van der Waals surface area contributed by atoms with Crippen molar-refractivity contribution in [1.29, 1.82) is 0 Å². The Labute approximate surface area is 110 Å². The second-order valence-electron chi connectivity index (χ2n) is 4.25. The first-order chi connectivity index (χ1) is 8.89. The molecule has 1 aromatic rings. The lowest BCUT2D eigenvalue weighted by Crippen LogP contribution is -2.99. The van der Waals surface area contributed by atoms with Crippen molar-refractivity contribution in [1.82, 2.24) is 4.31 Å². The number of carbonyl (C=O) groups excluding carboxylic acids is 1. The Hall–Kier alpha value is -1.48. The molecule has 0 saturated carbocycles. The van der Waals surface area contributed by atoms with Crippen molar-refractivity contribution < 1.29 is 23.6 Å². The summed E-state index contributed by atoms with van der Waals surface area (Å²) in [7, 11) is -3.90. The Morgan fingerprint density at radius 2 is 2.11 bits per heavy atom. The highest BCUT2D eigenvalue weighted by atomic mass is 32.2. The van der Waals surface area contributed by atoms with Crippen molar-refractivity contribution in [2.75, 3.05) is 6.54 Å². The van der Waals surface area contributed by atoms with Crippen LogP contribution in [0.2, 0.25) is 0 Å². The van der Waals surface area contributed by atoms with Crippen LogP contribution < -0.4 is 5.23 Å². The third kappa shape index (κ3) is 2.23. The number of hydrogen-bond acceptors (Lipinski definition) is 5. The first-order valence-corrected chi connectivity index (χ1v) is 7.28. The molecule has 0 radical (unpaired) electrons. The minimum atomic E-state index is -3.90. The molecule has 1 heterocycles. The molecule has 1 amide bonds. The van der Waals surface area contributed by atoms with Crippen molar-refractivity contribution in [3.05, 3.63) is 29.0 Å². The number of hydrogen-bond donors (Lipinski definition) is 2. The predicted molar refractivity (Wildman–Crippen MR) is 65.3 cm³/mol. The Balaban J connectivity index is 2.49. The number of nitrogens with zero attached hydrogens (tertiary/aromatic N) is 1. The van der Waals surface area contributed by atoms with Gasteiger partial charge in [0.15, 0.2) is 5.69 Å². The average molecular weight is 286 g/mol. The largest absolute Gasteiger partial charge is 0.595 e. The molecule has 19 heavy (non-hydrogen) atoms. The smallest absolute Gasteiger partial charge is 0.269 e. The van der Waals surface area contributed by atoms with Gasteiger partial charge in [-0.05, 0) is 12.5 Å². The SMILES string of the molecule is CCCCN1C(=O)c2ccc([NH+]([O-])O)cc2S1(=O)=O. The molecule has 0 aliphatic carbocycles. The summed E-state index contributed by atoms with van der Waals surface area (Å²) in [6.07, 6.45) is 1.33. The van der Waals surface area contributed by atoms with Gasteiger partial charge >= 0.3 is 0 Å². The van der Waals surface area contributed by atoms with Gasteiger partial charge < -0.3 is 5.21 Å². The lowest BCUT2D eigenvalue weighted by Gasteiger charge is -2.14. The van der Waals surface area contributed by atoms with Gasteiger partial charge in [0.1, 0.15) is 4.90 Å². The highest BCUT2D eigenvalue weighted by Crippen LogP contribution is 2.31. The maximum Gasteiger partial charge on any atom is 0.269 e. The van der Waals surface area contributed by atoms with E-state index in [1.807, 2.05) is 6.92 Å². The van der Waals surface area contributed by atoms with Gasteiger partial charge in [0.2, 0.25) is 0 Å². The van der Waals surface area contributed by atoms with E-state index in [0.29, 0.717) is 6.42 Å². The molecule has 1 aromatic carbocycles. The maximum atomic E-state index is 12.2. The molecule has 1 aliphatic rings. The Kier molecular flexibility index (Phi) is 3.59. The van der Waals surface area contributed by atoms with Crippen LogP contribution >= 0.6 is 0 Å². The fourth-order valence-electron chi connectivity index (χ4n) is 1.93. The second kappa shape index (κ2) is 4.89. The molecule has 0 saturated heterocycles. The minimum Gasteiger partial charge on any atom is -0.595 e. The molecular weight excluding hydrogens is 272 g/mol. The standard InChI is InChI=1S/C11H14N2O5S/c1-2-3-6-12-11(14)9-5-4-8(13(15)16)7-10(9)19(12,17)18/h4-5,7,13,15H,2-3,6H2,1H3. The fourth-order valence-corrected chi connectivity index (χ4v) is 3.56. The number of fused-ring (bicyclic) bond motifs is 1. The fraction of sp³-hybridized carbons (Fsp3) is 0.364. The summed E-state index contributed by atoms with van der Waals surface area (Å²) >= 11 is 0. The highest BCUT2D eigenvalue weighted by Gasteiger charge is 2.41. The molecule has 2 rings (SSSR count). The van der Waals surface area contributed by atoms with Gasteiger partial charge in [-0.3, -0.25) is 4.79 Å². The van der Waals surface area contributed by atoms with Crippen LogP contribution in [0.4, 0.5) is 5.69 Å². The molecule has 1 atom stereocenters. The van der Waals surface area contributed by atoms with Crippen LogP contribution in [0.3, 0.4) is 0 Å². The first kappa shape index (κ1) is 13.9. The normalized spacial score (nSPS) is 18.5. The van der Waals surface area contributed by atoms with Crippen LogP contribution in [0, 0.1) is 5.21 Å². The number of benzene rings is 1. The van der Waals surface area contributed by atoms with E-state index < -0.39 is 21.2 Å². The monoisotopic (exact) mass is 286 g/mol. The zero-order valence-electron chi connectivity index (χ0n) is 10.3. The van der Waals surface area contributed by atoms with E-state index in [9.17, 15) is 18.4 Å². The number of rotatable bonds is 4. The van der Waals surface area contributed by atoms with E-state index in [0.717, 1.165) is 16.8 Å². The summed E-state index contributed by atoms with van der Waals surface area (Å²) in [5, 5.41) is 18.5. The molecule has 0 spiro atoms. The van der Waals surface area contributed by atoms with E-state index in [1.165, 1.54) is 12.1 Å². The molecule has 7 nitrogen and oxygen atoms in total. The Bertz CT molecular complexity index is 612. The van der Waals surface area contributed by atoms with Crippen LogP contribution in [0.15, 0.2) is 23.1 Å². The van der Waals surface area contributed by atoms with E-state index in [4.69, 9.17) is 5.21 Å². The molecule has 1 unspecified atom stereocenters. The predicted octanol–water partition coefficient (Wildman–Crippen LogP) is 0.0346. The van der Waals surface area contributed by atoms with Crippen molar-refractivity contribution in [3.8, 4) is 0 Å². The third-order valence-electron chi connectivity index (χ3n) is 2.97. The molecule has 8 heteroatoms. The topological polar surface area (TPSA) is 102 Å². The van der Waals surface area contributed by atoms with Crippen LogP contribution in [0.1, 0.15) is 30.1 Å². The number of unbranched alkanes of at least 4 members (excludes halogenated alkanes) is 1. The summed E-state index contributed by atoms with van der Waals surface area (Å²) in [6.45, 7) is 2.01. The van der Waals surface area contributed by atoms with Crippen molar-refractivity contribution in [2.24, 2.45) is 0 Å². The molecule has 0 aromatic heterocycles. The summed E-state index contributed by atoms with van der Waals surface area (Å²) in [6, 6.07) is 3.53. The quantitative estimate of drug-likeness (QED) is 0.760. The van der Waals surface area contributed by atoms with Crippen molar-refractivity contribution in [2.45, 2.75) is 24.7 Å². The number of sulfonamides is 1. The average Bonchev–Trinajstić information content (AvgIpc) is 2.55. The molecule has 104 valence electrons. The number of nitrogens with one attached hydrogen (secondary N) is 1. The number of quaternary nitrogens is 1. The van der Waals surface area contributed by atoms with Gasteiger partial charge in [-0.2, -0.15) is 5.23 Å². The van der Waals surface area contributed by atoms with Gasteiger partial charge in [0, 0.05) is 18.7 Å². The van der Waals surface area contributed by atoms with Crippen LogP contribution in [0.5, 0.6) is 0 Å². The highest BCUT2D eigenvalue weighted by molar-refractivity contribution is 7.90. The van der Waals surface area contributed by atoms with Gasteiger partial charge in [-0.15, -0.1) is 0 Å². The van der Waals surface area contributed by atoms with Crippen LogP contribution in [-0.2, 0) is 10.0 Å². The summed E-state index contributed by atoms with van der Waals surface area (Å²) in [5.41, 5.74) is -0.103. The molecule has 0 bridgehead atoms. The van der Waals surface area contributed by atoms with Gasteiger partial charge in [0.25, 0.3) is 15.9 Å². The zero-order chi connectivity index (χ0) is 14.2. The Morgan fingerprint density at radius 1 is 1.42 bits per heavy atom. The second-order valence-corrected chi connectivity index (χ2v) is 6.08. The van der Waals surface area contributed by atoms with Gasteiger partial charge in [-0.1, -0.05) is 13.3 Å². The van der Waals surface area contributed by atoms with Crippen molar-refractivity contribution in [3.63, 3.8) is 0 Å². The van der Waals surface area contributed by atoms with Gasteiger partial charge in [-0.25, -0.2) is 17.9 Å². The summed E-state index contributed by atoms with van der Waals surface area (Å²) in [5.74, 6) is -0.583. The van der Waals surface area contributed by atoms with Crippen LogP contribution in [0.25, 0.3) is 0 Å². The van der Waals surface area contributed by atoms with Crippen LogP contribution in [-0.4, -0.2) is 30.4 Å². The maximum absolute atomic E-state index is 12.2. The molecular formula is C11H14N2O5S. The first-order valence-electron chi connectivity index (χ1n) is 5.84. The zero-order valence-corrected chi connectivity index (χ0v) is 11.1. The van der Waals surface area contributed by atoms with E-state index in [2.05, 4.69) is 0 Å². The Morgan fingerprint density at radius 3 is 2.68 bits per heavy atom. The summed E-state index contributed by atoms with van der Waals surface area (Å²) < 4.78 is 25.2. The number of amides is 1. The van der Waals surface area contributed by atoms with E-state index >= 15 is 0 Å². The number of carbonyl (C=O) groups is 1. The van der Waals surface area contributed by atoms with Gasteiger partial charge in [0.05, 0.1) is 5.56 Å². The summed E-state index contributed by atoms with van der Waals surface area (Å²) in [4.78, 5) is 11.8.